The van der Waals surface area contributed by atoms with Crippen LogP contribution in [0.2, 0.25) is 0 Å². The molecule has 0 aromatic heterocycles. The third kappa shape index (κ3) is 3.46. The lowest BCUT2D eigenvalue weighted by Gasteiger charge is -2.32. The van der Waals surface area contributed by atoms with Gasteiger partial charge >= 0.3 is 0 Å². The molecule has 4 nitrogen and oxygen atoms in total. The summed E-state index contributed by atoms with van der Waals surface area (Å²) < 4.78 is 0. The number of nitrogens with zero attached hydrogens (tertiary/aromatic N) is 2. The lowest BCUT2D eigenvalue weighted by Crippen LogP contribution is -2.44. The smallest absolute Gasteiger partial charge is 0.236 e. The molecule has 0 unspecified atom stereocenters. The van der Waals surface area contributed by atoms with Crippen molar-refractivity contribution in [1.29, 1.82) is 0 Å². The maximum atomic E-state index is 12.4. The van der Waals surface area contributed by atoms with E-state index in [1.165, 1.54) is 32.1 Å². The van der Waals surface area contributed by atoms with Crippen molar-refractivity contribution in [3.05, 3.63) is 0 Å². The predicted molar refractivity (Wildman–Crippen MR) is 83.2 cm³/mol. The van der Waals surface area contributed by atoms with Gasteiger partial charge in [-0.05, 0) is 37.8 Å². The van der Waals surface area contributed by atoms with Crippen LogP contribution in [0.25, 0.3) is 0 Å². The van der Waals surface area contributed by atoms with Crippen LogP contribution in [-0.2, 0) is 4.79 Å². The van der Waals surface area contributed by atoms with Crippen LogP contribution in [0.4, 0.5) is 0 Å². The summed E-state index contributed by atoms with van der Waals surface area (Å²) in [7, 11) is 2.01. The third-order valence-corrected chi connectivity index (χ3v) is 5.34. The fraction of sp³-hybridized carbons (Fsp3) is 0.933. The van der Waals surface area contributed by atoms with E-state index in [0.29, 0.717) is 18.5 Å². The summed E-state index contributed by atoms with van der Waals surface area (Å²) in [6.45, 7) is 5.16. The van der Waals surface area contributed by atoms with Crippen molar-refractivity contribution in [2.45, 2.75) is 38.1 Å². The predicted octanol–water partition coefficient (Wildman–Crippen LogP) is 1.35. The van der Waals surface area contributed by atoms with E-state index >= 15 is 0 Å². The zero-order valence-corrected chi connectivity index (χ0v) is 13.3. The first-order valence-corrected chi connectivity index (χ1v) is 7.93. The van der Waals surface area contributed by atoms with Crippen LogP contribution < -0.4 is 5.32 Å². The van der Waals surface area contributed by atoms with Gasteiger partial charge in [0.2, 0.25) is 5.91 Å². The molecule has 2 heterocycles. The molecule has 5 heteroatoms. The minimum Gasteiger partial charge on any atom is -0.342 e. The van der Waals surface area contributed by atoms with Gasteiger partial charge < -0.3 is 10.2 Å². The first-order chi connectivity index (χ1) is 9.24. The second-order valence-corrected chi connectivity index (χ2v) is 6.67. The molecule has 20 heavy (non-hydrogen) atoms. The summed E-state index contributed by atoms with van der Waals surface area (Å²) in [5.41, 5.74) is 0. The number of hydrogen-bond donors (Lipinski definition) is 1. The number of carbonyl (C=O) groups is 1. The van der Waals surface area contributed by atoms with Gasteiger partial charge in [-0.15, -0.1) is 12.4 Å². The molecule has 3 fully saturated rings. The van der Waals surface area contributed by atoms with Crippen molar-refractivity contribution in [3.63, 3.8) is 0 Å². The molecule has 3 aliphatic rings. The fourth-order valence-corrected chi connectivity index (χ4v) is 4.06. The first-order valence-electron chi connectivity index (χ1n) is 7.93. The molecule has 116 valence electrons. The minimum absolute atomic E-state index is 0. The summed E-state index contributed by atoms with van der Waals surface area (Å²) in [6.07, 6.45) is 6.35. The van der Waals surface area contributed by atoms with Crippen LogP contribution >= 0.6 is 12.4 Å². The van der Waals surface area contributed by atoms with E-state index in [1.54, 1.807) is 0 Å². The second-order valence-electron chi connectivity index (χ2n) is 6.67. The Morgan fingerprint density at radius 1 is 1.15 bits per heavy atom. The largest absolute Gasteiger partial charge is 0.342 e. The van der Waals surface area contributed by atoms with Gasteiger partial charge in [-0.2, -0.15) is 0 Å². The van der Waals surface area contributed by atoms with Gasteiger partial charge in [0.25, 0.3) is 0 Å². The highest BCUT2D eigenvalue weighted by molar-refractivity contribution is 5.85. The highest BCUT2D eigenvalue weighted by Gasteiger charge is 2.37. The van der Waals surface area contributed by atoms with Gasteiger partial charge in [0.05, 0.1) is 6.54 Å². The zero-order chi connectivity index (χ0) is 13.2. The van der Waals surface area contributed by atoms with Gasteiger partial charge in [0.1, 0.15) is 0 Å². The van der Waals surface area contributed by atoms with E-state index in [4.69, 9.17) is 0 Å². The molecule has 1 aliphatic carbocycles. The van der Waals surface area contributed by atoms with E-state index in [0.717, 1.165) is 38.0 Å². The fourth-order valence-electron chi connectivity index (χ4n) is 4.06. The Hall–Kier alpha value is -0.320. The summed E-state index contributed by atoms with van der Waals surface area (Å²) in [4.78, 5) is 16.8. The van der Waals surface area contributed by atoms with Crippen molar-refractivity contribution in [3.8, 4) is 0 Å². The van der Waals surface area contributed by atoms with E-state index in [2.05, 4.69) is 10.2 Å². The van der Waals surface area contributed by atoms with Crippen molar-refractivity contribution in [1.82, 2.24) is 15.1 Å². The molecular formula is C15H28ClN3O. The number of amides is 1. The van der Waals surface area contributed by atoms with Crippen molar-refractivity contribution < 1.29 is 4.79 Å². The maximum absolute atomic E-state index is 12.4. The lowest BCUT2D eigenvalue weighted by atomic mass is 9.94. The highest BCUT2D eigenvalue weighted by Crippen LogP contribution is 2.26. The Labute approximate surface area is 128 Å². The lowest BCUT2D eigenvalue weighted by molar-refractivity contribution is -0.133. The molecule has 3 rings (SSSR count). The topological polar surface area (TPSA) is 35.6 Å². The molecule has 1 amide bonds. The number of carbonyl (C=O) groups excluding carboxylic acids is 1. The average molecular weight is 302 g/mol. The number of hydrogen-bond acceptors (Lipinski definition) is 3. The molecule has 0 aromatic rings. The Bertz CT molecular complexity index is 321. The van der Waals surface area contributed by atoms with Crippen LogP contribution in [0.3, 0.4) is 0 Å². The molecule has 2 saturated heterocycles. The Morgan fingerprint density at radius 2 is 1.75 bits per heavy atom. The van der Waals surface area contributed by atoms with E-state index in [9.17, 15) is 4.79 Å². The van der Waals surface area contributed by atoms with Crippen LogP contribution in [-0.4, -0.2) is 61.5 Å². The molecule has 2 atom stereocenters. The van der Waals surface area contributed by atoms with E-state index in [1.807, 2.05) is 11.9 Å². The molecule has 1 saturated carbocycles. The summed E-state index contributed by atoms with van der Waals surface area (Å²) >= 11 is 0. The minimum atomic E-state index is 0. The molecule has 2 aliphatic heterocycles. The number of nitrogens with one attached hydrogen (secondary N) is 1. The standard InChI is InChI=1S/C15H27N3O.ClH/c1-17(14-5-3-2-4-6-14)15(19)11-18-9-12-7-16-8-13(12)10-18;/h12-14,16H,2-11H2,1H3;1H/t12-,13+;. The quantitative estimate of drug-likeness (QED) is 0.855. The van der Waals surface area contributed by atoms with Crippen molar-refractivity contribution in [2.24, 2.45) is 11.8 Å². The molecule has 0 bridgehead atoms. The van der Waals surface area contributed by atoms with Crippen LogP contribution in [0, 0.1) is 11.8 Å². The maximum Gasteiger partial charge on any atom is 0.236 e. The number of halogens is 1. The Balaban J connectivity index is 0.00000147. The Kier molecular flexibility index (Phi) is 5.70. The highest BCUT2D eigenvalue weighted by atomic mass is 35.5. The molecule has 0 spiro atoms. The zero-order valence-electron chi connectivity index (χ0n) is 12.5. The molecule has 0 radical (unpaired) electrons. The normalized spacial score (nSPS) is 30.9. The number of rotatable bonds is 3. The van der Waals surface area contributed by atoms with Gasteiger partial charge in [-0.3, -0.25) is 9.69 Å². The van der Waals surface area contributed by atoms with Crippen LogP contribution in [0.1, 0.15) is 32.1 Å². The van der Waals surface area contributed by atoms with Gasteiger partial charge in [0, 0.05) is 26.2 Å². The number of likely N-dealkylation sites (tertiary alicyclic amines) is 1. The van der Waals surface area contributed by atoms with Crippen LogP contribution in [0.5, 0.6) is 0 Å². The van der Waals surface area contributed by atoms with E-state index < -0.39 is 0 Å². The molecule has 1 N–H and O–H groups in total. The second kappa shape index (κ2) is 7.10. The molecular weight excluding hydrogens is 274 g/mol. The summed E-state index contributed by atoms with van der Waals surface area (Å²) in [5, 5.41) is 3.45. The number of fused-ring (bicyclic) bond motifs is 1. The van der Waals surface area contributed by atoms with Gasteiger partial charge in [-0.1, -0.05) is 19.3 Å². The molecule has 0 aromatic carbocycles. The van der Waals surface area contributed by atoms with E-state index in [-0.39, 0.29) is 12.4 Å². The Morgan fingerprint density at radius 3 is 2.35 bits per heavy atom. The van der Waals surface area contributed by atoms with Crippen molar-refractivity contribution >= 4 is 18.3 Å². The van der Waals surface area contributed by atoms with Gasteiger partial charge in [0.15, 0.2) is 0 Å². The SMILES string of the molecule is CN(C(=O)CN1C[C@H]2CNC[C@H]2C1)C1CCCCC1.Cl. The van der Waals surface area contributed by atoms with Crippen molar-refractivity contribution in [2.75, 3.05) is 39.8 Å². The van der Waals surface area contributed by atoms with Gasteiger partial charge in [-0.25, -0.2) is 0 Å². The van der Waals surface area contributed by atoms with Crippen LogP contribution in [0.15, 0.2) is 0 Å². The summed E-state index contributed by atoms with van der Waals surface area (Å²) in [5.74, 6) is 1.90. The first kappa shape index (κ1) is 16.1. The number of likely N-dealkylation sites (N-methyl/N-ethyl adjacent to an activating group) is 1. The summed E-state index contributed by atoms with van der Waals surface area (Å²) in [6, 6.07) is 0.505. The third-order valence-electron chi connectivity index (χ3n) is 5.34. The monoisotopic (exact) mass is 301 g/mol. The average Bonchev–Trinajstić information content (AvgIpc) is 2.99.